The molecule has 3 aromatic rings. The molecule has 6 heteroatoms. The van der Waals surface area contributed by atoms with Gasteiger partial charge >= 0.3 is 0 Å². The second-order valence-corrected chi connectivity index (χ2v) is 12.7. The Kier molecular flexibility index (Phi) is 11.3. The minimum Gasteiger partial charge on any atom is -0.385 e. The molecule has 0 atom stereocenters. The van der Waals surface area contributed by atoms with Crippen LogP contribution in [0.5, 0.6) is 0 Å². The van der Waals surface area contributed by atoms with Gasteiger partial charge in [-0.05, 0) is 61.6 Å². The van der Waals surface area contributed by atoms with Gasteiger partial charge in [-0.15, -0.1) is 0 Å². The molecule has 2 aliphatic heterocycles. The van der Waals surface area contributed by atoms with Crippen LogP contribution in [0.3, 0.4) is 0 Å². The monoisotopic (exact) mass is 584 g/mol. The summed E-state index contributed by atoms with van der Waals surface area (Å²) in [5.41, 5.74) is 7.81. The first-order chi connectivity index (χ1) is 20.9. The van der Waals surface area contributed by atoms with Crippen molar-refractivity contribution in [2.24, 2.45) is 0 Å². The van der Waals surface area contributed by atoms with Crippen molar-refractivity contribution in [1.29, 1.82) is 0 Å². The fourth-order valence-electron chi connectivity index (χ4n) is 6.34. The summed E-state index contributed by atoms with van der Waals surface area (Å²) in [4.78, 5) is 10.5. The molecule has 0 aromatic heterocycles. The zero-order valence-corrected chi connectivity index (χ0v) is 26.9. The van der Waals surface area contributed by atoms with E-state index in [2.05, 4.69) is 113 Å². The molecule has 0 radical (unpaired) electrons. The number of benzene rings is 3. The van der Waals surface area contributed by atoms with Gasteiger partial charge in [-0.1, -0.05) is 66.2 Å². The molecule has 2 heterocycles. The fourth-order valence-corrected chi connectivity index (χ4v) is 6.34. The van der Waals surface area contributed by atoms with Gasteiger partial charge in [0.15, 0.2) is 0 Å². The highest BCUT2D eigenvalue weighted by Crippen LogP contribution is 2.31. The van der Waals surface area contributed by atoms with Crippen molar-refractivity contribution < 1.29 is 9.47 Å². The van der Waals surface area contributed by atoms with Crippen molar-refractivity contribution in [3.05, 3.63) is 89.5 Å². The zero-order chi connectivity index (χ0) is 30.1. The van der Waals surface area contributed by atoms with E-state index < -0.39 is 0 Å². The Balaban J connectivity index is 1.04. The van der Waals surface area contributed by atoms with Crippen LogP contribution in [-0.2, 0) is 21.6 Å². The minimum atomic E-state index is 0.0148. The molecule has 0 bridgehead atoms. The second-order valence-electron chi connectivity index (χ2n) is 12.7. The number of rotatable bonds is 13. The molecular formula is C37H52N4O2. The molecule has 5 rings (SSSR count). The highest BCUT2D eigenvalue weighted by molar-refractivity contribution is 5.64. The van der Waals surface area contributed by atoms with E-state index in [-0.39, 0.29) is 5.54 Å². The Morgan fingerprint density at radius 2 is 1.21 bits per heavy atom. The first-order valence-electron chi connectivity index (χ1n) is 16.2. The summed E-state index contributed by atoms with van der Waals surface area (Å²) < 4.78 is 10.8. The van der Waals surface area contributed by atoms with Crippen molar-refractivity contribution in [1.82, 2.24) is 14.7 Å². The molecule has 2 fully saturated rings. The molecule has 2 saturated heterocycles. The van der Waals surface area contributed by atoms with E-state index in [0.717, 1.165) is 72.0 Å². The number of hydrogen-bond acceptors (Lipinski definition) is 6. The van der Waals surface area contributed by atoms with Crippen LogP contribution in [0.25, 0.3) is 11.1 Å². The van der Waals surface area contributed by atoms with Gasteiger partial charge in [0.25, 0.3) is 0 Å². The number of aryl methyl sites for hydroxylation is 1. The number of nitrogens with zero attached hydrogens (tertiary/aromatic N) is 4. The van der Waals surface area contributed by atoms with Gasteiger partial charge in [-0.3, -0.25) is 14.7 Å². The van der Waals surface area contributed by atoms with Crippen molar-refractivity contribution >= 4 is 5.69 Å². The van der Waals surface area contributed by atoms with Gasteiger partial charge in [0.2, 0.25) is 0 Å². The predicted molar refractivity (Wildman–Crippen MR) is 179 cm³/mol. The van der Waals surface area contributed by atoms with E-state index in [4.69, 9.17) is 9.47 Å². The lowest BCUT2D eigenvalue weighted by Crippen LogP contribution is -2.55. The molecule has 0 spiro atoms. The highest BCUT2D eigenvalue weighted by atomic mass is 16.5. The number of methoxy groups -OCH3 is 1. The molecule has 0 aliphatic carbocycles. The van der Waals surface area contributed by atoms with Crippen molar-refractivity contribution in [2.75, 3.05) is 90.7 Å². The van der Waals surface area contributed by atoms with Gasteiger partial charge in [0, 0.05) is 97.0 Å². The number of piperazine rings is 2. The third-order valence-corrected chi connectivity index (χ3v) is 9.45. The topological polar surface area (TPSA) is 31.4 Å². The average molecular weight is 585 g/mol. The maximum absolute atomic E-state index is 5.75. The maximum Gasteiger partial charge on any atom is 0.0716 e. The molecule has 0 amide bonds. The highest BCUT2D eigenvalue weighted by Gasteiger charge is 2.31. The lowest BCUT2D eigenvalue weighted by Gasteiger charge is -2.45. The molecule has 3 aromatic carbocycles. The first-order valence-corrected chi connectivity index (χ1v) is 16.2. The largest absolute Gasteiger partial charge is 0.385 e. The smallest absolute Gasteiger partial charge is 0.0716 e. The van der Waals surface area contributed by atoms with Crippen LogP contribution in [0.4, 0.5) is 5.69 Å². The molecular weight excluding hydrogens is 532 g/mol. The number of ether oxygens (including phenoxy) is 2. The van der Waals surface area contributed by atoms with Crippen molar-refractivity contribution in [3.63, 3.8) is 0 Å². The molecule has 0 saturated carbocycles. The van der Waals surface area contributed by atoms with Gasteiger partial charge in [-0.25, -0.2) is 0 Å². The Labute approximate surface area is 260 Å². The van der Waals surface area contributed by atoms with E-state index in [1.54, 1.807) is 7.11 Å². The molecule has 6 nitrogen and oxygen atoms in total. The third kappa shape index (κ3) is 8.68. The SMILES string of the molecule is COCCCOCc1ccc(-c2ccc(C(C)(C)N3CCN(CCN4CCN(c5ccc(C)cc5)CC4)CC3)cc2)cc1. The third-order valence-electron chi connectivity index (χ3n) is 9.45. The lowest BCUT2D eigenvalue weighted by molar-refractivity contribution is 0.0461. The van der Waals surface area contributed by atoms with Crippen molar-refractivity contribution in [2.45, 2.75) is 39.3 Å². The van der Waals surface area contributed by atoms with Crippen LogP contribution in [-0.4, -0.2) is 100 Å². The summed E-state index contributed by atoms with van der Waals surface area (Å²) in [5.74, 6) is 0. The van der Waals surface area contributed by atoms with Gasteiger partial charge < -0.3 is 14.4 Å². The van der Waals surface area contributed by atoms with Crippen LogP contribution < -0.4 is 4.90 Å². The second kappa shape index (κ2) is 15.3. The quantitative estimate of drug-likeness (QED) is 0.233. The van der Waals surface area contributed by atoms with Gasteiger partial charge in [-0.2, -0.15) is 0 Å². The van der Waals surface area contributed by atoms with Gasteiger partial charge in [0.05, 0.1) is 6.61 Å². The summed E-state index contributed by atoms with van der Waals surface area (Å²) in [7, 11) is 1.73. The van der Waals surface area contributed by atoms with Gasteiger partial charge in [0.1, 0.15) is 0 Å². The molecule has 2 aliphatic rings. The Hall–Kier alpha value is -2.74. The summed E-state index contributed by atoms with van der Waals surface area (Å²) >= 11 is 0. The summed E-state index contributed by atoms with van der Waals surface area (Å²) in [5, 5.41) is 0. The molecule has 232 valence electrons. The van der Waals surface area contributed by atoms with Crippen LogP contribution in [0, 0.1) is 6.92 Å². The predicted octanol–water partition coefficient (Wildman–Crippen LogP) is 5.89. The van der Waals surface area contributed by atoms with E-state index in [1.807, 2.05) is 0 Å². The standard InChI is InChI=1S/C37H52N4O2/c1-31-6-16-36(17-7-31)40-24-20-38(21-25-40)18-19-39-22-26-41(27-23-39)37(2,3)35-14-12-34(13-15-35)33-10-8-32(9-11-33)30-43-29-5-28-42-4/h6-17H,5,18-30H2,1-4H3. The zero-order valence-electron chi connectivity index (χ0n) is 26.9. The van der Waals surface area contributed by atoms with Crippen LogP contribution in [0.15, 0.2) is 72.8 Å². The van der Waals surface area contributed by atoms with Crippen molar-refractivity contribution in [3.8, 4) is 11.1 Å². The maximum atomic E-state index is 5.75. The number of hydrogen-bond donors (Lipinski definition) is 0. The van der Waals surface area contributed by atoms with E-state index in [0.29, 0.717) is 6.61 Å². The van der Waals surface area contributed by atoms with Crippen LogP contribution in [0.2, 0.25) is 0 Å². The normalized spacial score (nSPS) is 17.4. The first kappa shape index (κ1) is 31.7. The molecule has 0 unspecified atom stereocenters. The summed E-state index contributed by atoms with van der Waals surface area (Å²) in [6.45, 7) is 20.5. The Bertz CT molecular complexity index is 1230. The lowest BCUT2D eigenvalue weighted by atomic mass is 9.90. The van der Waals surface area contributed by atoms with E-state index >= 15 is 0 Å². The summed E-state index contributed by atoms with van der Waals surface area (Å²) in [6, 6.07) is 27.0. The fraction of sp³-hybridized carbons (Fsp3) is 0.514. The molecule has 0 N–H and O–H groups in total. The number of anilines is 1. The van der Waals surface area contributed by atoms with Crippen LogP contribution >= 0.6 is 0 Å². The van der Waals surface area contributed by atoms with E-state index in [1.165, 1.54) is 46.6 Å². The summed E-state index contributed by atoms with van der Waals surface area (Å²) in [6.07, 6.45) is 0.931. The molecule has 43 heavy (non-hydrogen) atoms. The Morgan fingerprint density at radius 3 is 1.79 bits per heavy atom. The van der Waals surface area contributed by atoms with Crippen LogP contribution in [0.1, 0.15) is 37.0 Å². The average Bonchev–Trinajstić information content (AvgIpc) is 3.05. The Morgan fingerprint density at radius 1 is 0.651 bits per heavy atom. The van der Waals surface area contributed by atoms with E-state index in [9.17, 15) is 0 Å². The minimum absolute atomic E-state index is 0.0148.